The van der Waals surface area contributed by atoms with Crippen LogP contribution in [0.2, 0.25) is 0 Å². The quantitative estimate of drug-likeness (QED) is 0.917. The molecule has 1 aromatic rings. The average Bonchev–Trinajstić information content (AvgIpc) is 2.72. The Labute approximate surface area is 104 Å². The Morgan fingerprint density at radius 2 is 1.83 bits per heavy atom. The zero-order chi connectivity index (χ0) is 13.3. The van der Waals surface area contributed by atoms with Crippen LogP contribution in [0.5, 0.6) is 5.75 Å². The van der Waals surface area contributed by atoms with E-state index in [0.717, 1.165) is 25.7 Å². The smallest absolute Gasteiger partial charge is 0.241 e. The van der Waals surface area contributed by atoms with Crippen LogP contribution in [-0.4, -0.2) is 14.5 Å². The van der Waals surface area contributed by atoms with Crippen molar-refractivity contribution in [2.75, 3.05) is 0 Å². The van der Waals surface area contributed by atoms with Crippen molar-refractivity contribution in [3.05, 3.63) is 23.8 Å². The second-order valence-corrected chi connectivity index (χ2v) is 5.81. The van der Waals surface area contributed by atoms with Gasteiger partial charge in [0, 0.05) is 6.07 Å². The van der Waals surface area contributed by atoms with Crippen LogP contribution in [0.3, 0.4) is 0 Å². The second kappa shape index (κ2) is 4.81. The van der Waals surface area contributed by atoms with E-state index < -0.39 is 32.3 Å². The van der Waals surface area contributed by atoms with Crippen LogP contribution in [-0.2, 0) is 10.0 Å². The fraction of sp³-hybridized carbons (Fsp3) is 0.455. The molecule has 0 amide bonds. The second-order valence-electron chi connectivity index (χ2n) is 4.28. The third kappa shape index (κ3) is 2.78. The van der Waals surface area contributed by atoms with Gasteiger partial charge in [-0.3, -0.25) is 0 Å². The third-order valence-corrected chi connectivity index (χ3v) is 3.78. The molecular weight excluding hydrogens is 264 g/mol. The monoisotopic (exact) mass is 277 g/mol. The normalized spacial score (nSPS) is 17.1. The van der Waals surface area contributed by atoms with Crippen molar-refractivity contribution < 1.29 is 21.9 Å². The van der Waals surface area contributed by atoms with Gasteiger partial charge in [0.25, 0.3) is 0 Å². The average molecular weight is 277 g/mol. The van der Waals surface area contributed by atoms with E-state index in [-0.39, 0.29) is 6.10 Å². The predicted molar refractivity (Wildman–Crippen MR) is 60.6 cm³/mol. The maximum Gasteiger partial charge on any atom is 0.241 e. The molecule has 1 aliphatic rings. The summed E-state index contributed by atoms with van der Waals surface area (Å²) >= 11 is 0. The SMILES string of the molecule is NS(=O)(=O)c1cc(F)cc(F)c1OC1CCCC1. The highest BCUT2D eigenvalue weighted by Gasteiger charge is 2.25. The molecule has 7 heteroatoms. The number of primary sulfonamides is 1. The molecule has 0 aliphatic heterocycles. The summed E-state index contributed by atoms with van der Waals surface area (Å²) in [5, 5.41) is 4.93. The lowest BCUT2D eigenvalue weighted by Gasteiger charge is -2.16. The molecule has 18 heavy (non-hydrogen) atoms. The molecule has 0 heterocycles. The number of sulfonamides is 1. The number of benzene rings is 1. The summed E-state index contributed by atoms with van der Waals surface area (Å²) in [6.07, 6.45) is 3.09. The van der Waals surface area contributed by atoms with E-state index in [9.17, 15) is 17.2 Å². The summed E-state index contributed by atoms with van der Waals surface area (Å²) in [5.74, 6) is -2.54. The van der Waals surface area contributed by atoms with Gasteiger partial charge >= 0.3 is 0 Å². The molecule has 0 aromatic heterocycles. The minimum Gasteiger partial charge on any atom is -0.486 e. The van der Waals surface area contributed by atoms with E-state index in [1.165, 1.54) is 0 Å². The lowest BCUT2D eigenvalue weighted by Crippen LogP contribution is -2.19. The van der Waals surface area contributed by atoms with Crippen molar-refractivity contribution in [1.29, 1.82) is 0 Å². The summed E-state index contributed by atoms with van der Waals surface area (Å²) in [4.78, 5) is -0.646. The number of halogens is 2. The van der Waals surface area contributed by atoms with Crippen molar-refractivity contribution in [2.45, 2.75) is 36.7 Å². The van der Waals surface area contributed by atoms with Crippen molar-refractivity contribution in [2.24, 2.45) is 5.14 Å². The molecule has 0 atom stereocenters. The molecule has 1 aliphatic carbocycles. The summed E-state index contributed by atoms with van der Waals surface area (Å²) in [7, 11) is -4.23. The molecule has 0 saturated heterocycles. The standard InChI is InChI=1S/C11H13F2NO3S/c12-7-5-9(13)11(10(6-7)18(14,15)16)17-8-3-1-2-4-8/h5-6,8H,1-4H2,(H2,14,15,16). The van der Waals surface area contributed by atoms with Gasteiger partial charge in [0.1, 0.15) is 10.7 Å². The van der Waals surface area contributed by atoms with Crippen LogP contribution in [0, 0.1) is 11.6 Å². The Kier molecular flexibility index (Phi) is 3.54. The number of nitrogens with two attached hydrogens (primary N) is 1. The summed E-state index contributed by atoms with van der Waals surface area (Å²) < 4.78 is 54.6. The minimum atomic E-state index is -4.23. The molecule has 1 fully saturated rings. The molecule has 1 saturated carbocycles. The van der Waals surface area contributed by atoms with Crippen LogP contribution < -0.4 is 9.88 Å². The molecule has 4 nitrogen and oxygen atoms in total. The molecule has 0 unspecified atom stereocenters. The zero-order valence-corrected chi connectivity index (χ0v) is 10.3. The maximum atomic E-state index is 13.6. The number of ether oxygens (including phenoxy) is 1. The summed E-state index contributed by atoms with van der Waals surface area (Å²) in [6.45, 7) is 0. The highest BCUT2D eigenvalue weighted by atomic mass is 32.2. The van der Waals surface area contributed by atoms with Crippen LogP contribution >= 0.6 is 0 Å². The molecule has 0 spiro atoms. The first kappa shape index (κ1) is 13.2. The van der Waals surface area contributed by atoms with Gasteiger partial charge in [-0.2, -0.15) is 0 Å². The first-order valence-corrected chi connectivity index (χ1v) is 7.11. The van der Waals surface area contributed by atoms with E-state index in [2.05, 4.69) is 0 Å². The van der Waals surface area contributed by atoms with Gasteiger partial charge in [-0.05, 0) is 31.7 Å². The molecular formula is C11H13F2NO3S. The van der Waals surface area contributed by atoms with Crippen molar-refractivity contribution in [3.63, 3.8) is 0 Å². The Hall–Kier alpha value is -1.21. The molecule has 100 valence electrons. The Morgan fingerprint density at radius 1 is 1.22 bits per heavy atom. The van der Waals surface area contributed by atoms with Crippen molar-refractivity contribution >= 4 is 10.0 Å². The van der Waals surface area contributed by atoms with E-state index in [0.29, 0.717) is 12.1 Å². The van der Waals surface area contributed by atoms with Crippen LogP contribution in [0.25, 0.3) is 0 Å². The first-order valence-electron chi connectivity index (χ1n) is 5.56. The van der Waals surface area contributed by atoms with Crippen LogP contribution in [0.1, 0.15) is 25.7 Å². The predicted octanol–water partition coefficient (Wildman–Crippen LogP) is 1.93. The number of rotatable bonds is 3. The minimum absolute atomic E-state index is 0.245. The first-order chi connectivity index (χ1) is 8.38. The van der Waals surface area contributed by atoms with Gasteiger partial charge < -0.3 is 4.74 Å². The van der Waals surface area contributed by atoms with Crippen LogP contribution in [0.15, 0.2) is 17.0 Å². The van der Waals surface area contributed by atoms with Gasteiger partial charge in [-0.15, -0.1) is 0 Å². The van der Waals surface area contributed by atoms with Gasteiger partial charge in [0.05, 0.1) is 6.10 Å². The highest BCUT2D eigenvalue weighted by molar-refractivity contribution is 7.89. The largest absolute Gasteiger partial charge is 0.486 e. The van der Waals surface area contributed by atoms with Gasteiger partial charge in [-0.1, -0.05) is 0 Å². The molecule has 0 radical (unpaired) electrons. The fourth-order valence-corrected chi connectivity index (χ4v) is 2.72. The number of hydrogen-bond donors (Lipinski definition) is 1. The summed E-state index contributed by atoms with van der Waals surface area (Å²) in [5.41, 5.74) is 0. The van der Waals surface area contributed by atoms with E-state index in [4.69, 9.17) is 9.88 Å². The van der Waals surface area contributed by atoms with Crippen LogP contribution in [0.4, 0.5) is 8.78 Å². The van der Waals surface area contributed by atoms with Crippen molar-refractivity contribution in [1.82, 2.24) is 0 Å². The topological polar surface area (TPSA) is 69.4 Å². The molecule has 1 aromatic carbocycles. The Balaban J connectivity index is 2.43. The Morgan fingerprint density at radius 3 is 2.39 bits per heavy atom. The number of hydrogen-bond acceptors (Lipinski definition) is 3. The molecule has 2 rings (SSSR count). The zero-order valence-electron chi connectivity index (χ0n) is 9.53. The lowest BCUT2D eigenvalue weighted by molar-refractivity contribution is 0.194. The third-order valence-electron chi connectivity index (χ3n) is 2.87. The van der Waals surface area contributed by atoms with E-state index in [1.807, 2.05) is 0 Å². The van der Waals surface area contributed by atoms with Gasteiger partial charge in [-0.25, -0.2) is 22.3 Å². The Bertz CT molecular complexity index is 554. The molecule has 0 bridgehead atoms. The highest BCUT2D eigenvalue weighted by Crippen LogP contribution is 2.31. The maximum absolute atomic E-state index is 13.6. The molecule has 2 N–H and O–H groups in total. The fourth-order valence-electron chi connectivity index (χ4n) is 2.04. The van der Waals surface area contributed by atoms with Crippen molar-refractivity contribution in [3.8, 4) is 5.75 Å². The van der Waals surface area contributed by atoms with E-state index in [1.54, 1.807) is 0 Å². The summed E-state index contributed by atoms with van der Waals surface area (Å²) in [6, 6.07) is 1.25. The lowest BCUT2D eigenvalue weighted by atomic mass is 10.3. The van der Waals surface area contributed by atoms with E-state index >= 15 is 0 Å². The van der Waals surface area contributed by atoms with Gasteiger partial charge in [0.15, 0.2) is 11.6 Å². The van der Waals surface area contributed by atoms with Gasteiger partial charge in [0.2, 0.25) is 10.0 Å².